The van der Waals surface area contributed by atoms with Gasteiger partial charge in [-0.25, -0.2) is 4.98 Å². The average Bonchev–Trinajstić information content (AvgIpc) is 3.42. The van der Waals surface area contributed by atoms with Crippen LogP contribution in [0.15, 0.2) is 6.20 Å². The fourth-order valence-corrected chi connectivity index (χ4v) is 3.40. The van der Waals surface area contributed by atoms with E-state index in [0.29, 0.717) is 24.7 Å². The Labute approximate surface area is 173 Å². The molecule has 2 atom stereocenters. The van der Waals surface area contributed by atoms with Crippen LogP contribution in [0.4, 0.5) is 19.0 Å². The van der Waals surface area contributed by atoms with Gasteiger partial charge in [-0.3, -0.25) is 0 Å². The normalized spacial score (nSPS) is 21.2. The van der Waals surface area contributed by atoms with Gasteiger partial charge in [0.2, 0.25) is 16.9 Å². The molecule has 0 radical (unpaired) electrons. The van der Waals surface area contributed by atoms with Crippen LogP contribution < -0.4 is 9.47 Å². The van der Waals surface area contributed by atoms with Crippen LogP contribution in [0, 0.1) is 23.0 Å². The zero-order valence-corrected chi connectivity index (χ0v) is 16.5. The summed E-state index contributed by atoms with van der Waals surface area (Å²) in [7, 11) is 0. The van der Waals surface area contributed by atoms with Gasteiger partial charge in [0.1, 0.15) is 23.4 Å². The second-order valence-corrected chi connectivity index (χ2v) is 7.67. The topological polar surface area (TPSA) is 105 Å². The molecule has 0 N–H and O–H groups in total. The van der Waals surface area contributed by atoms with Crippen molar-refractivity contribution in [2.45, 2.75) is 50.9 Å². The van der Waals surface area contributed by atoms with Gasteiger partial charge in [0.15, 0.2) is 0 Å². The molecule has 0 aliphatic heterocycles. The van der Waals surface area contributed by atoms with Crippen LogP contribution >= 0.6 is 11.6 Å². The molecule has 0 saturated heterocycles. The van der Waals surface area contributed by atoms with Crippen molar-refractivity contribution in [3.63, 3.8) is 0 Å². The van der Waals surface area contributed by atoms with Crippen LogP contribution in [-0.2, 0) is 6.18 Å². The molecule has 0 spiro atoms. The molecular formula is C17H17ClF3N5O4. The zero-order chi connectivity index (χ0) is 21.6. The van der Waals surface area contributed by atoms with Crippen LogP contribution in [0.2, 0.25) is 5.28 Å². The summed E-state index contributed by atoms with van der Waals surface area (Å²) in [5.41, 5.74) is -0.719. The summed E-state index contributed by atoms with van der Waals surface area (Å²) in [5, 5.41) is 15.3. The molecule has 9 nitrogen and oxygen atoms in total. The van der Waals surface area contributed by atoms with E-state index in [2.05, 4.69) is 15.1 Å². The van der Waals surface area contributed by atoms with E-state index in [1.54, 1.807) is 6.92 Å². The molecule has 162 valence electrons. The molecule has 13 heteroatoms. The SMILES string of the molecule is Cc1nn(C2CC2)c([N+](=O)[O-])c1OC[C@@H]1CC[C@H]1Oc1nc(Cl)ncc1C(F)(F)F. The largest absolute Gasteiger partial charge is 0.484 e. The zero-order valence-electron chi connectivity index (χ0n) is 15.7. The third-order valence-electron chi connectivity index (χ3n) is 5.15. The molecule has 2 aliphatic carbocycles. The monoisotopic (exact) mass is 447 g/mol. The van der Waals surface area contributed by atoms with Crippen LogP contribution in [0.5, 0.6) is 11.6 Å². The number of nitro groups is 1. The summed E-state index contributed by atoms with van der Waals surface area (Å²) >= 11 is 5.62. The van der Waals surface area contributed by atoms with Gasteiger partial charge in [0.05, 0.1) is 6.61 Å². The Morgan fingerprint density at radius 2 is 2.07 bits per heavy atom. The fraction of sp³-hybridized carbons (Fsp3) is 0.588. The van der Waals surface area contributed by atoms with Gasteiger partial charge in [0.25, 0.3) is 0 Å². The van der Waals surface area contributed by atoms with Crippen molar-refractivity contribution < 1.29 is 27.6 Å². The highest BCUT2D eigenvalue weighted by Crippen LogP contribution is 2.43. The molecule has 2 heterocycles. The van der Waals surface area contributed by atoms with Gasteiger partial charge >= 0.3 is 12.0 Å². The highest BCUT2D eigenvalue weighted by molar-refractivity contribution is 6.28. The number of rotatable bonds is 7. The lowest BCUT2D eigenvalue weighted by Crippen LogP contribution is -2.41. The highest BCUT2D eigenvalue weighted by Gasteiger charge is 2.42. The van der Waals surface area contributed by atoms with Gasteiger partial charge in [-0.05, 0) is 49.1 Å². The molecule has 0 amide bonds. The van der Waals surface area contributed by atoms with Gasteiger partial charge in [-0.15, -0.1) is 4.68 Å². The van der Waals surface area contributed by atoms with E-state index in [0.717, 1.165) is 12.8 Å². The molecule has 0 bridgehead atoms. The summed E-state index contributed by atoms with van der Waals surface area (Å²) in [4.78, 5) is 17.9. The van der Waals surface area contributed by atoms with Gasteiger partial charge < -0.3 is 19.6 Å². The Morgan fingerprint density at radius 3 is 2.63 bits per heavy atom. The van der Waals surface area contributed by atoms with Crippen molar-refractivity contribution in [3.8, 4) is 11.6 Å². The first-order valence-corrected chi connectivity index (χ1v) is 9.65. The minimum atomic E-state index is -4.69. The first-order valence-electron chi connectivity index (χ1n) is 9.27. The van der Waals surface area contributed by atoms with Crippen molar-refractivity contribution in [1.29, 1.82) is 0 Å². The third kappa shape index (κ3) is 4.00. The summed E-state index contributed by atoms with van der Waals surface area (Å²) in [6, 6.07) is 0.00420. The van der Waals surface area contributed by atoms with Crippen molar-refractivity contribution in [3.05, 3.63) is 32.9 Å². The molecule has 30 heavy (non-hydrogen) atoms. The van der Waals surface area contributed by atoms with E-state index in [1.165, 1.54) is 4.68 Å². The quantitative estimate of drug-likeness (QED) is 0.357. The third-order valence-corrected chi connectivity index (χ3v) is 5.34. The molecule has 2 fully saturated rings. The van der Waals surface area contributed by atoms with Crippen LogP contribution in [0.25, 0.3) is 0 Å². The number of aromatic nitrogens is 4. The van der Waals surface area contributed by atoms with E-state index in [9.17, 15) is 23.3 Å². The molecule has 0 unspecified atom stereocenters. The smallest absolute Gasteiger partial charge is 0.423 e. The first-order chi connectivity index (χ1) is 14.1. The van der Waals surface area contributed by atoms with E-state index in [1.807, 2.05) is 0 Å². The fourth-order valence-electron chi connectivity index (χ4n) is 3.28. The maximum atomic E-state index is 13.2. The van der Waals surface area contributed by atoms with Gasteiger partial charge in [0, 0.05) is 12.1 Å². The van der Waals surface area contributed by atoms with Gasteiger partial charge in [-0.2, -0.15) is 18.2 Å². The predicted octanol–water partition coefficient (Wildman–Crippen LogP) is 4.13. The second-order valence-electron chi connectivity index (χ2n) is 7.33. The summed E-state index contributed by atoms with van der Waals surface area (Å²) in [6.07, 6.45) is -1.93. The summed E-state index contributed by atoms with van der Waals surface area (Å²) in [5.74, 6) is -1.02. The first kappa shape index (κ1) is 20.6. The lowest BCUT2D eigenvalue weighted by molar-refractivity contribution is -0.393. The molecule has 0 aromatic carbocycles. The predicted molar refractivity (Wildman–Crippen MR) is 96.6 cm³/mol. The molecule has 2 aliphatic rings. The van der Waals surface area contributed by atoms with Crippen LogP contribution in [0.1, 0.15) is 43.0 Å². The number of halogens is 4. The summed E-state index contributed by atoms with van der Waals surface area (Å²) < 4.78 is 52.0. The highest BCUT2D eigenvalue weighted by atomic mass is 35.5. The van der Waals surface area contributed by atoms with Crippen molar-refractivity contribution >= 4 is 17.4 Å². The van der Waals surface area contributed by atoms with E-state index in [4.69, 9.17) is 21.1 Å². The molecule has 2 aromatic rings. The van der Waals surface area contributed by atoms with E-state index >= 15 is 0 Å². The minimum absolute atomic E-state index is 0.00420. The number of hydrogen-bond acceptors (Lipinski definition) is 7. The van der Waals surface area contributed by atoms with Gasteiger partial charge in [-0.1, -0.05) is 5.10 Å². The molecule has 4 rings (SSSR count). The summed E-state index contributed by atoms with van der Waals surface area (Å²) in [6.45, 7) is 1.66. The Hall–Kier alpha value is -2.63. The minimum Gasteiger partial charge on any atom is -0.484 e. The maximum Gasteiger partial charge on any atom is 0.423 e. The standard InChI is InChI=1S/C17H17ClF3N5O4/c1-8-13(15(26(27)28)25(24-8)10-3-4-10)29-7-9-2-5-12(9)30-14-11(17(19,20)21)6-22-16(18)23-14/h6,9-10,12H,2-5,7H2,1H3/t9-,12+/m0/s1. The van der Waals surface area contributed by atoms with E-state index < -0.39 is 28.6 Å². The average molecular weight is 448 g/mol. The molecule has 2 saturated carbocycles. The van der Waals surface area contributed by atoms with E-state index in [-0.39, 0.29) is 35.4 Å². The molecule has 2 aromatic heterocycles. The van der Waals surface area contributed by atoms with Crippen molar-refractivity contribution in [1.82, 2.24) is 19.7 Å². The lowest BCUT2D eigenvalue weighted by Gasteiger charge is -2.36. The Morgan fingerprint density at radius 1 is 1.33 bits per heavy atom. The maximum absolute atomic E-state index is 13.2. The number of aryl methyl sites for hydroxylation is 1. The number of alkyl halides is 3. The number of ether oxygens (including phenoxy) is 2. The lowest BCUT2D eigenvalue weighted by atomic mass is 9.82. The van der Waals surface area contributed by atoms with Crippen LogP contribution in [-0.4, -0.2) is 37.4 Å². The van der Waals surface area contributed by atoms with Crippen molar-refractivity contribution in [2.75, 3.05) is 6.61 Å². The number of hydrogen-bond donors (Lipinski definition) is 0. The Bertz CT molecular complexity index is 979. The Kier molecular flexibility index (Phi) is 5.20. The second kappa shape index (κ2) is 7.56. The number of nitrogens with zero attached hydrogens (tertiary/aromatic N) is 5. The Balaban J connectivity index is 1.46. The van der Waals surface area contributed by atoms with Crippen LogP contribution in [0.3, 0.4) is 0 Å². The molecular weight excluding hydrogens is 431 g/mol. The van der Waals surface area contributed by atoms with Crippen molar-refractivity contribution in [2.24, 2.45) is 5.92 Å².